The van der Waals surface area contributed by atoms with Gasteiger partial charge in [-0.05, 0) is 51.9 Å². The smallest absolute Gasteiger partial charge is 0.305 e. The van der Waals surface area contributed by atoms with Crippen molar-refractivity contribution in [3.8, 4) is 0 Å². The van der Waals surface area contributed by atoms with Gasteiger partial charge in [-0.15, -0.1) is 0 Å². The van der Waals surface area contributed by atoms with Gasteiger partial charge in [0.1, 0.15) is 6.10 Å². The number of methoxy groups -OCH3 is 1. The lowest BCUT2D eigenvalue weighted by Crippen LogP contribution is -2.16. The maximum atomic E-state index is 11.8. The quantitative estimate of drug-likeness (QED) is 0.215. The zero-order valence-corrected chi connectivity index (χ0v) is 16.6. The molecule has 0 heterocycles. The van der Waals surface area contributed by atoms with E-state index in [-0.39, 0.29) is 5.97 Å². The summed E-state index contributed by atoms with van der Waals surface area (Å²) < 4.78 is 57.3. The van der Waals surface area contributed by atoms with Crippen LogP contribution in [-0.4, -0.2) is 37.2 Å². The monoisotopic (exact) mass is 392 g/mol. The standard InChI is InChI=1S/C21H38O6/c1-17(26-18(2)22)13-9-5-6-10-14-20(27-19(3)23)15-11-7-8-12-16-21(24)25-4/h17,20H,5-16H2,1-4H3/i2D3,3D3. The van der Waals surface area contributed by atoms with Gasteiger partial charge in [-0.2, -0.15) is 0 Å². The molecular formula is C21H38O6. The number of hydrogen-bond donors (Lipinski definition) is 0. The fourth-order valence-electron chi connectivity index (χ4n) is 2.91. The largest absolute Gasteiger partial charge is 0.469 e. The Labute approximate surface area is 172 Å². The number of esters is 3. The molecule has 0 bridgehead atoms. The van der Waals surface area contributed by atoms with Crippen LogP contribution < -0.4 is 0 Å². The first-order chi connectivity index (χ1) is 15.3. The third-order valence-electron chi connectivity index (χ3n) is 4.35. The van der Waals surface area contributed by atoms with Gasteiger partial charge in [0.05, 0.1) is 13.2 Å². The molecule has 0 aliphatic heterocycles. The van der Waals surface area contributed by atoms with E-state index in [0.29, 0.717) is 32.1 Å². The van der Waals surface area contributed by atoms with E-state index in [4.69, 9.17) is 17.7 Å². The van der Waals surface area contributed by atoms with Gasteiger partial charge in [0, 0.05) is 28.3 Å². The van der Waals surface area contributed by atoms with Gasteiger partial charge in [0.2, 0.25) is 0 Å². The Hall–Kier alpha value is -1.59. The van der Waals surface area contributed by atoms with Crippen LogP contribution in [0.5, 0.6) is 0 Å². The van der Waals surface area contributed by atoms with Gasteiger partial charge >= 0.3 is 17.9 Å². The highest BCUT2D eigenvalue weighted by molar-refractivity contribution is 5.69. The number of ether oxygens (including phenoxy) is 3. The lowest BCUT2D eigenvalue weighted by molar-refractivity contribution is -0.147. The average molecular weight is 393 g/mol. The molecule has 2 atom stereocenters. The summed E-state index contributed by atoms with van der Waals surface area (Å²) in [4.78, 5) is 34.2. The number of carbonyl (C=O) groups excluding carboxylic acids is 3. The van der Waals surface area contributed by atoms with Crippen LogP contribution in [0.25, 0.3) is 0 Å². The van der Waals surface area contributed by atoms with Crippen LogP contribution in [-0.2, 0) is 28.6 Å². The van der Waals surface area contributed by atoms with Crippen LogP contribution in [0.1, 0.15) is 106 Å². The predicted molar refractivity (Wildman–Crippen MR) is 104 cm³/mol. The van der Waals surface area contributed by atoms with Gasteiger partial charge in [-0.1, -0.05) is 25.7 Å². The maximum Gasteiger partial charge on any atom is 0.305 e. The average Bonchev–Trinajstić information content (AvgIpc) is 2.70. The molecular weight excluding hydrogens is 348 g/mol. The normalized spacial score (nSPS) is 17.1. The van der Waals surface area contributed by atoms with E-state index in [2.05, 4.69) is 4.74 Å². The van der Waals surface area contributed by atoms with Crippen LogP contribution in [0, 0.1) is 0 Å². The van der Waals surface area contributed by atoms with Crippen molar-refractivity contribution in [3.63, 3.8) is 0 Å². The molecule has 0 saturated carbocycles. The lowest BCUT2D eigenvalue weighted by atomic mass is 10.0. The molecule has 0 radical (unpaired) electrons. The van der Waals surface area contributed by atoms with Crippen molar-refractivity contribution < 1.29 is 36.8 Å². The summed E-state index contributed by atoms with van der Waals surface area (Å²) in [5.74, 6) is -2.63. The fraction of sp³-hybridized carbons (Fsp3) is 0.857. The van der Waals surface area contributed by atoms with E-state index in [9.17, 15) is 14.4 Å². The molecule has 6 nitrogen and oxygen atoms in total. The van der Waals surface area contributed by atoms with Crippen LogP contribution in [0.4, 0.5) is 0 Å². The second-order valence-corrected chi connectivity index (χ2v) is 6.76. The molecule has 0 spiro atoms. The van der Waals surface area contributed by atoms with Gasteiger partial charge < -0.3 is 14.2 Å². The van der Waals surface area contributed by atoms with E-state index < -0.39 is 37.9 Å². The summed E-state index contributed by atoms with van der Waals surface area (Å²) in [5, 5.41) is 0. The van der Waals surface area contributed by atoms with E-state index in [0.717, 1.165) is 44.9 Å². The van der Waals surface area contributed by atoms with Crippen LogP contribution in [0.2, 0.25) is 0 Å². The Morgan fingerprint density at radius 1 is 0.778 bits per heavy atom. The van der Waals surface area contributed by atoms with Crippen LogP contribution >= 0.6 is 0 Å². The summed E-state index contributed by atoms with van der Waals surface area (Å²) in [6.45, 7) is -3.89. The molecule has 6 heteroatoms. The van der Waals surface area contributed by atoms with Crippen LogP contribution in [0.3, 0.4) is 0 Å². The third-order valence-corrected chi connectivity index (χ3v) is 4.35. The summed E-state index contributed by atoms with van der Waals surface area (Å²) in [6.07, 6.45) is 7.33. The maximum absolute atomic E-state index is 11.8. The molecule has 0 amide bonds. The van der Waals surface area contributed by atoms with Gasteiger partial charge in [-0.3, -0.25) is 14.4 Å². The molecule has 0 N–H and O–H groups in total. The van der Waals surface area contributed by atoms with Crippen molar-refractivity contribution >= 4 is 17.9 Å². The number of rotatable bonds is 16. The first-order valence-electron chi connectivity index (χ1n) is 12.8. The summed E-state index contributed by atoms with van der Waals surface area (Å²) in [5.41, 5.74) is 0. The SMILES string of the molecule is [2H]C([2H])([2H])C(=O)OC(C)CCCCCCC(CCCCCCC(=O)OC)OC(=O)C([2H])([2H])[2H]. The summed E-state index contributed by atoms with van der Waals surface area (Å²) in [7, 11) is 1.35. The topological polar surface area (TPSA) is 78.9 Å². The lowest BCUT2D eigenvalue weighted by Gasteiger charge is -2.17. The van der Waals surface area contributed by atoms with Gasteiger partial charge in [0.25, 0.3) is 0 Å². The number of hydrogen-bond acceptors (Lipinski definition) is 6. The minimum atomic E-state index is -2.79. The molecule has 0 aromatic rings. The number of unbranched alkanes of at least 4 members (excludes halogenated alkanes) is 6. The van der Waals surface area contributed by atoms with Gasteiger partial charge in [0.15, 0.2) is 0 Å². The van der Waals surface area contributed by atoms with Gasteiger partial charge in [-0.25, -0.2) is 0 Å². The van der Waals surface area contributed by atoms with Crippen molar-refractivity contribution in [2.45, 2.75) is 110 Å². The predicted octanol–water partition coefficient (Wildman–Crippen LogP) is 4.72. The first-order valence-corrected chi connectivity index (χ1v) is 9.76. The highest BCUT2D eigenvalue weighted by Gasteiger charge is 2.12. The van der Waals surface area contributed by atoms with Crippen molar-refractivity contribution in [1.29, 1.82) is 0 Å². The Morgan fingerprint density at radius 2 is 1.30 bits per heavy atom. The minimum absolute atomic E-state index is 0.246. The highest BCUT2D eigenvalue weighted by atomic mass is 16.5. The van der Waals surface area contributed by atoms with Crippen molar-refractivity contribution in [1.82, 2.24) is 0 Å². The molecule has 0 aromatic heterocycles. The molecule has 0 saturated heterocycles. The van der Waals surface area contributed by atoms with Crippen LogP contribution in [0.15, 0.2) is 0 Å². The molecule has 0 fully saturated rings. The zero-order valence-electron chi connectivity index (χ0n) is 22.6. The molecule has 0 aliphatic rings. The minimum Gasteiger partial charge on any atom is -0.469 e. The Bertz CT molecular complexity index is 591. The molecule has 0 rings (SSSR count). The van der Waals surface area contributed by atoms with E-state index >= 15 is 0 Å². The Morgan fingerprint density at radius 3 is 1.85 bits per heavy atom. The summed E-state index contributed by atoms with van der Waals surface area (Å²) in [6, 6.07) is 0. The van der Waals surface area contributed by atoms with Crippen molar-refractivity contribution in [3.05, 3.63) is 0 Å². The highest BCUT2D eigenvalue weighted by Crippen LogP contribution is 2.17. The zero-order chi connectivity index (χ0) is 25.5. The van der Waals surface area contributed by atoms with E-state index in [1.807, 2.05) is 0 Å². The van der Waals surface area contributed by atoms with E-state index in [1.165, 1.54) is 7.11 Å². The summed E-state index contributed by atoms with van der Waals surface area (Å²) >= 11 is 0. The Balaban J connectivity index is 4.24. The van der Waals surface area contributed by atoms with Crippen molar-refractivity contribution in [2.75, 3.05) is 7.11 Å². The van der Waals surface area contributed by atoms with E-state index in [1.54, 1.807) is 6.92 Å². The molecule has 0 aromatic carbocycles. The fourth-order valence-corrected chi connectivity index (χ4v) is 2.91. The molecule has 0 aliphatic carbocycles. The third kappa shape index (κ3) is 17.6. The Kier molecular flexibility index (Phi) is 10.1. The van der Waals surface area contributed by atoms with Crippen molar-refractivity contribution in [2.24, 2.45) is 0 Å². The number of carbonyl (C=O) groups is 3. The second kappa shape index (κ2) is 16.6. The molecule has 2 unspecified atom stereocenters. The first kappa shape index (κ1) is 16.4. The molecule has 158 valence electrons. The molecule has 27 heavy (non-hydrogen) atoms. The second-order valence-electron chi connectivity index (χ2n) is 6.76.